The summed E-state index contributed by atoms with van der Waals surface area (Å²) in [6.45, 7) is 2.85. The minimum Gasteiger partial charge on any atom is -0.383 e. The summed E-state index contributed by atoms with van der Waals surface area (Å²) in [5.41, 5.74) is 1.71. The highest BCUT2D eigenvalue weighted by Crippen LogP contribution is 2.23. The Morgan fingerprint density at radius 3 is 2.83 bits per heavy atom. The Morgan fingerprint density at radius 1 is 1.29 bits per heavy atom. The van der Waals surface area contributed by atoms with Crippen LogP contribution in [0.5, 0.6) is 0 Å². The minimum absolute atomic E-state index is 0.113. The Morgan fingerprint density at radius 2 is 2.08 bits per heavy atom. The number of para-hydroxylation sites is 1. The normalized spacial score (nSPS) is 10.4. The van der Waals surface area contributed by atoms with Crippen molar-refractivity contribution >= 4 is 40.6 Å². The van der Waals surface area contributed by atoms with Crippen molar-refractivity contribution in [2.24, 2.45) is 0 Å². The summed E-state index contributed by atoms with van der Waals surface area (Å²) >= 11 is 2.41. The molecule has 1 heterocycles. The Labute approximate surface area is 148 Å². The van der Waals surface area contributed by atoms with E-state index in [1.165, 1.54) is 11.8 Å². The number of thioether (sulfide) groups is 1. The molecule has 2 aromatic rings. The third-order valence-electron chi connectivity index (χ3n) is 2.95. The van der Waals surface area contributed by atoms with Gasteiger partial charge in [0.15, 0.2) is 4.34 Å². The molecule has 0 atom stereocenters. The summed E-state index contributed by atoms with van der Waals surface area (Å²) in [4.78, 5) is 23.8. The summed E-state index contributed by atoms with van der Waals surface area (Å²) in [6, 6.07) is 7.50. The van der Waals surface area contributed by atoms with Crippen molar-refractivity contribution in [2.75, 3.05) is 31.3 Å². The molecule has 0 bridgehead atoms. The number of nitrogens with zero attached hydrogens (tertiary/aromatic N) is 2. The molecule has 0 saturated heterocycles. The third-order valence-corrected chi connectivity index (χ3v) is 5.00. The average molecular weight is 366 g/mol. The number of ether oxygens (including phenoxy) is 1. The lowest BCUT2D eigenvalue weighted by Crippen LogP contribution is -2.28. The molecule has 0 aliphatic carbocycles. The van der Waals surface area contributed by atoms with E-state index in [0.717, 1.165) is 22.6 Å². The van der Waals surface area contributed by atoms with Crippen LogP contribution in [0.4, 0.5) is 5.69 Å². The lowest BCUT2D eigenvalue weighted by molar-refractivity contribution is -0.118. The first-order chi connectivity index (χ1) is 11.6. The summed E-state index contributed by atoms with van der Waals surface area (Å²) < 4.78 is 5.43. The number of carbonyl (C=O) groups excluding carboxylic acids is 2. The van der Waals surface area contributed by atoms with Gasteiger partial charge in [0.25, 0.3) is 5.91 Å². The average Bonchev–Trinajstić information content (AvgIpc) is 3.04. The molecule has 1 aromatic heterocycles. The lowest BCUT2D eigenvalue weighted by atomic mass is 10.2. The van der Waals surface area contributed by atoms with Gasteiger partial charge in [0.05, 0.1) is 12.4 Å². The van der Waals surface area contributed by atoms with E-state index >= 15 is 0 Å². The van der Waals surface area contributed by atoms with Crippen molar-refractivity contribution < 1.29 is 14.3 Å². The van der Waals surface area contributed by atoms with Gasteiger partial charge in [-0.25, -0.2) is 0 Å². The zero-order chi connectivity index (χ0) is 17.4. The van der Waals surface area contributed by atoms with Crippen molar-refractivity contribution in [3.05, 3.63) is 34.8 Å². The van der Waals surface area contributed by atoms with Gasteiger partial charge in [0.2, 0.25) is 10.9 Å². The van der Waals surface area contributed by atoms with Crippen molar-refractivity contribution in [3.8, 4) is 0 Å². The fourth-order valence-corrected chi connectivity index (χ4v) is 3.30. The van der Waals surface area contributed by atoms with Gasteiger partial charge in [-0.1, -0.05) is 41.3 Å². The molecule has 0 aliphatic rings. The molecule has 0 saturated carbocycles. The smallest absolute Gasteiger partial charge is 0.286 e. The first-order valence-electron chi connectivity index (χ1n) is 7.19. The van der Waals surface area contributed by atoms with Crippen molar-refractivity contribution in [1.82, 2.24) is 15.5 Å². The summed E-state index contributed by atoms with van der Waals surface area (Å²) in [7, 11) is 1.58. The van der Waals surface area contributed by atoms with E-state index in [1.807, 2.05) is 31.2 Å². The first-order valence-corrected chi connectivity index (χ1v) is 8.99. The zero-order valence-electron chi connectivity index (χ0n) is 13.4. The van der Waals surface area contributed by atoms with E-state index in [9.17, 15) is 9.59 Å². The monoisotopic (exact) mass is 366 g/mol. The van der Waals surface area contributed by atoms with Crippen LogP contribution < -0.4 is 10.6 Å². The van der Waals surface area contributed by atoms with E-state index in [4.69, 9.17) is 4.74 Å². The van der Waals surface area contributed by atoms with E-state index in [1.54, 1.807) is 7.11 Å². The van der Waals surface area contributed by atoms with Crippen LogP contribution in [-0.4, -0.2) is 48.0 Å². The van der Waals surface area contributed by atoms with E-state index in [2.05, 4.69) is 20.8 Å². The van der Waals surface area contributed by atoms with Crippen LogP contribution in [0.25, 0.3) is 0 Å². The van der Waals surface area contributed by atoms with Crippen LogP contribution in [0.1, 0.15) is 15.4 Å². The van der Waals surface area contributed by atoms with Gasteiger partial charge in [0.1, 0.15) is 0 Å². The number of hydrogen-bond acceptors (Lipinski definition) is 7. The second kappa shape index (κ2) is 9.36. The molecule has 2 N–H and O–H groups in total. The highest BCUT2D eigenvalue weighted by molar-refractivity contribution is 8.01. The molecule has 9 heteroatoms. The number of hydrogen-bond donors (Lipinski definition) is 2. The van der Waals surface area contributed by atoms with Crippen LogP contribution in [0.3, 0.4) is 0 Å². The van der Waals surface area contributed by atoms with Gasteiger partial charge < -0.3 is 15.4 Å². The molecule has 1 aromatic carbocycles. The molecular formula is C15H18N4O3S2. The number of carbonyl (C=O) groups is 2. The number of anilines is 1. The van der Waals surface area contributed by atoms with Crippen molar-refractivity contribution in [1.29, 1.82) is 0 Å². The predicted molar refractivity (Wildman–Crippen MR) is 94.7 cm³/mol. The topological polar surface area (TPSA) is 93.2 Å². The molecule has 2 amide bonds. The van der Waals surface area contributed by atoms with Gasteiger partial charge in [-0.15, -0.1) is 10.2 Å². The quantitative estimate of drug-likeness (QED) is 0.548. The summed E-state index contributed by atoms with van der Waals surface area (Å²) in [5.74, 6) is -0.200. The molecule has 7 nitrogen and oxygen atoms in total. The number of rotatable bonds is 8. The van der Waals surface area contributed by atoms with Crippen molar-refractivity contribution in [3.63, 3.8) is 0 Å². The number of aromatic nitrogens is 2. The van der Waals surface area contributed by atoms with E-state index < -0.39 is 0 Å². The molecule has 0 aliphatic heterocycles. The molecule has 0 unspecified atom stereocenters. The Hall–Kier alpha value is -1.97. The molecule has 128 valence electrons. The van der Waals surface area contributed by atoms with Gasteiger partial charge >= 0.3 is 0 Å². The second-order valence-corrected chi connectivity index (χ2v) is 6.97. The molecule has 0 fully saturated rings. The number of benzene rings is 1. The second-order valence-electron chi connectivity index (χ2n) is 4.77. The molecule has 0 radical (unpaired) electrons. The number of amides is 2. The lowest BCUT2D eigenvalue weighted by Gasteiger charge is -2.05. The van der Waals surface area contributed by atoms with Crippen LogP contribution in [0.15, 0.2) is 28.6 Å². The Balaban J connectivity index is 1.85. The number of aryl methyl sites for hydroxylation is 1. The molecule has 2 rings (SSSR count). The van der Waals surface area contributed by atoms with Gasteiger partial charge in [-0.3, -0.25) is 9.59 Å². The summed E-state index contributed by atoms with van der Waals surface area (Å²) in [5, 5.41) is 13.6. The largest absolute Gasteiger partial charge is 0.383 e. The highest BCUT2D eigenvalue weighted by Gasteiger charge is 2.15. The minimum atomic E-state index is -0.307. The van der Waals surface area contributed by atoms with Crippen LogP contribution in [0.2, 0.25) is 0 Å². The van der Waals surface area contributed by atoms with Gasteiger partial charge in [0, 0.05) is 19.3 Å². The Kier molecular flexibility index (Phi) is 7.16. The van der Waals surface area contributed by atoms with E-state index in [-0.39, 0.29) is 22.6 Å². The maximum Gasteiger partial charge on any atom is 0.286 e. The van der Waals surface area contributed by atoms with Gasteiger partial charge in [-0.2, -0.15) is 0 Å². The van der Waals surface area contributed by atoms with Crippen LogP contribution in [0, 0.1) is 6.92 Å². The molecule has 0 spiro atoms. The fourth-order valence-electron chi connectivity index (χ4n) is 1.72. The van der Waals surface area contributed by atoms with Crippen LogP contribution >= 0.6 is 23.1 Å². The SMILES string of the molecule is COCCNC(=O)CSc1nnc(C(=O)Nc2ccccc2C)s1. The third kappa shape index (κ3) is 5.59. The fraction of sp³-hybridized carbons (Fsp3) is 0.333. The Bertz CT molecular complexity index is 706. The zero-order valence-corrected chi connectivity index (χ0v) is 15.0. The maximum atomic E-state index is 12.2. The van der Waals surface area contributed by atoms with E-state index in [0.29, 0.717) is 17.5 Å². The van der Waals surface area contributed by atoms with Crippen molar-refractivity contribution in [2.45, 2.75) is 11.3 Å². The molecular weight excluding hydrogens is 348 g/mol. The molecule has 24 heavy (non-hydrogen) atoms. The van der Waals surface area contributed by atoms with Crippen LogP contribution in [-0.2, 0) is 9.53 Å². The maximum absolute atomic E-state index is 12.2. The number of nitrogens with one attached hydrogen (secondary N) is 2. The van der Waals surface area contributed by atoms with Gasteiger partial charge in [-0.05, 0) is 18.6 Å². The highest BCUT2D eigenvalue weighted by atomic mass is 32.2. The standard InChI is InChI=1S/C15H18N4O3S2/c1-10-5-3-4-6-11(10)17-13(21)14-18-19-15(24-14)23-9-12(20)16-7-8-22-2/h3-6H,7-9H2,1-2H3,(H,16,20)(H,17,21). The first kappa shape index (κ1) is 18.4. The number of methoxy groups -OCH3 is 1. The summed E-state index contributed by atoms with van der Waals surface area (Å²) in [6.07, 6.45) is 0. The predicted octanol–water partition coefficient (Wildman–Crippen LogP) is 1.95.